The van der Waals surface area contributed by atoms with Gasteiger partial charge < -0.3 is 5.73 Å². The Morgan fingerprint density at radius 1 is 1.62 bits per heavy atom. The number of nitrogens with zero attached hydrogens (tertiary/aromatic N) is 2. The van der Waals surface area contributed by atoms with E-state index in [4.69, 9.17) is 5.73 Å². The van der Waals surface area contributed by atoms with Crippen LogP contribution in [0.2, 0.25) is 0 Å². The molecule has 0 spiro atoms. The average molecular weight is 195 g/mol. The zero-order chi connectivity index (χ0) is 9.68. The number of aromatic nitrogens is 2. The van der Waals surface area contributed by atoms with Gasteiger partial charge in [0.25, 0.3) is 0 Å². The van der Waals surface area contributed by atoms with Crippen molar-refractivity contribution in [3.05, 3.63) is 23.5 Å². The van der Waals surface area contributed by atoms with Crippen molar-refractivity contribution in [2.24, 2.45) is 0 Å². The Hall–Kier alpha value is -1.03. The molecule has 0 atom stereocenters. The SMILES string of the molecule is Cc1nc(N)ncc1C=CCCS. The third-order valence-corrected chi connectivity index (χ3v) is 1.89. The van der Waals surface area contributed by atoms with E-state index >= 15 is 0 Å². The predicted molar refractivity (Wildman–Crippen MR) is 58.7 cm³/mol. The van der Waals surface area contributed by atoms with E-state index in [1.54, 1.807) is 6.20 Å². The Kier molecular flexibility index (Phi) is 3.76. The molecular formula is C9H13N3S. The summed E-state index contributed by atoms with van der Waals surface area (Å²) in [4.78, 5) is 7.96. The second-order valence-corrected chi connectivity index (χ2v) is 3.13. The highest BCUT2D eigenvalue weighted by Gasteiger charge is 1.96. The number of hydrogen-bond acceptors (Lipinski definition) is 4. The maximum absolute atomic E-state index is 5.42. The Labute approximate surface area is 83.5 Å². The number of rotatable bonds is 3. The molecule has 4 heteroatoms. The Bertz CT molecular complexity index is 310. The summed E-state index contributed by atoms with van der Waals surface area (Å²) >= 11 is 4.11. The van der Waals surface area contributed by atoms with Crippen molar-refractivity contribution in [1.82, 2.24) is 9.97 Å². The van der Waals surface area contributed by atoms with E-state index < -0.39 is 0 Å². The minimum absolute atomic E-state index is 0.323. The molecule has 0 amide bonds. The number of anilines is 1. The second kappa shape index (κ2) is 4.87. The summed E-state index contributed by atoms with van der Waals surface area (Å²) in [5.74, 6) is 1.18. The fourth-order valence-electron chi connectivity index (χ4n) is 0.943. The van der Waals surface area contributed by atoms with Crippen LogP contribution in [0.1, 0.15) is 17.7 Å². The van der Waals surface area contributed by atoms with Crippen LogP contribution in [0, 0.1) is 6.92 Å². The molecule has 0 aliphatic heterocycles. The first kappa shape index (κ1) is 10.1. The lowest BCUT2D eigenvalue weighted by atomic mass is 10.2. The van der Waals surface area contributed by atoms with Crippen molar-refractivity contribution in [2.45, 2.75) is 13.3 Å². The first-order valence-electron chi connectivity index (χ1n) is 4.10. The van der Waals surface area contributed by atoms with E-state index in [1.807, 2.05) is 13.0 Å². The molecule has 0 unspecified atom stereocenters. The van der Waals surface area contributed by atoms with Gasteiger partial charge in [0.15, 0.2) is 0 Å². The monoisotopic (exact) mass is 195 g/mol. The van der Waals surface area contributed by atoms with Crippen molar-refractivity contribution in [3.63, 3.8) is 0 Å². The third kappa shape index (κ3) is 3.06. The van der Waals surface area contributed by atoms with E-state index in [0.717, 1.165) is 23.4 Å². The second-order valence-electron chi connectivity index (χ2n) is 2.68. The molecule has 1 rings (SSSR count). The Morgan fingerprint density at radius 2 is 2.38 bits per heavy atom. The molecule has 13 heavy (non-hydrogen) atoms. The van der Waals surface area contributed by atoms with Gasteiger partial charge in [0.1, 0.15) is 0 Å². The van der Waals surface area contributed by atoms with E-state index in [1.165, 1.54) is 0 Å². The van der Waals surface area contributed by atoms with Crippen LogP contribution in [0.4, 0.5) is 5.95 Å². The highest BCUT2D eigenvalue weighted by atomic mass is 32.1. The number of aryl methyl sites for hydroxylation is 1. The van der Waals surface area contributed by atoms with Gasteiger partial charge >= 0.3 is 0 Å². The molecule has 0 bridgehead atoms. The maximum Gasteiger partial charge on any atom is 0.220 e. The van der Waals surface area contributed by atoms with E-state index in [-0.39, 0.29) is 0 Å². The summed E-state index contributed by atoms with van der Waals surface area (Å²) in [5, 5.41) is 0. The minimum Gasteiger partial charge on any atom is -0.368 e. The van der Waals surface area contributed by atoms with Crippen LogP contribution >= 0.6 is 12.6 Å². The molecule has 1 aromatic heterocycles. The summed E-state index contributed by atoms with van der Waals surface area (Å²) in [7, 11) is 0. The van der Waals surface area contributed by atoms with Crippen molar-refractivity contribution < 1.29 is 0 Å². The van der Waals surface area contributed by atoms with Gasteiger partial charge in [-0.1, -0.05) is 12.2 Å². The van der Waals surface area contributed by atoms with E-state index in [9.17, 15) is 0 Å². The van der Waals surface area contributed by atoms with Gasteiger partial charge in [-0.3, -0.25) is 0 Å². The Balaban J connectivity index is 2.77. The largest absolute Gasteiger partial charge is 0.368 e. The van der Waals surface area contributed by atoms with Gasteiger partial charge in [-0.05, 0) is 19.1 Å². The molecule has 1 aromatic rings. The molecule has 3 nitrogen and oxygen atoms in total. The fraction of sp³-hybridized carbons (Fsp3) is 0.333. The first-order chi connectivity index (χ1) is 6.24. The molecule has 0 saturated heterocycles. The lowest BCUT2D eigenvalue weighted by Crippen LogP contribution is -1.97. The highest BCUT2D eigenvalue weighted by Crippen LogP contribution is 2.07. The van der Waals surface area contributed by atoms with Gasteiger partial charge in [0.05, 0.1) is 5.69 Å². The molecule has 0 aliphatic carbocycles. The van der Waals surface area contributed by atoms with Crippen molar-refractivity contribution in [2.75, 3.05) is 11.5 Å². The van der Waals surface area contributed by atoms with Gasteiger partial charge in [-0.25, -0.2) is 9.97 Å². The van der Waals surface area contributed by atoms with Crippen LogP contribution in [0.5, 0.6) is 0 Å². The summed E-state index contributed by atoms with van der Waals surface area (Å²) < 4.78 is 0. The van der Waals surface area contributed by atoms with Gasteiger partial charge in [-0.15, -0.1) is 0 Å². The van der Waals surface area contributed by atoms with E-state index in [0.29, 0.717) is 5.95 Å². The number of nitrogen functional groups attached to an aromatic ring is 1. The molecule has 0 aromatic carbocycles. The summed E-state index contributed by atoms with van der Waals surface area (Å²) in [5.41, 5.74) is 7.34. The molecular weight excluding hydrogens is 182 g/mol. The lowest BCUT2D eigenvalue weighted by molar-refractivity contribution is 1.11. The standard InChI is InChI=1S/C9H13N3S/c1-7-8(4-2-3-5-13)6-11-9(10)12-7/h2,4,6,13H,3,5H2,1H3,(H2,10,11,12). The van der Waals surface area contributed by atoms with Crippen molar-refractivity contribution in [3.8, 4) is 0 Å². The minimum atomic E-state index is 0.323. The van der Waals surface area contributed by atoms with Crippen LogP contribution in [0.3, 0.4) is 0 Å². The lowest BCUT2D eigenvalue weighted by Gasteiger charge is -1.98. The van der Waals surface area contributed by atoms with Gasteiger partial charge in [0, 0.05) is 11.8 Å². The van der Waals surface area contributed by atoms with Crippen molar-refractivity contribution >= 4 is 24.7 Å². The quantitative estimate of drug-likeness (QED) is 0.722. The molecule has 2 N–H and O–H groups in total. The van der Waals surface area contributed by atoms with Crippen LogP contribution in [-0.4, -0.2) is 15.7 Å². The predicted octanol–water partition coefficient (Wildman–Crippen LogP) is 1.70. The molecule has 0 aliphatic rings. The normalized spacial score (nSPS) is 10.9. The zero-order valence-corrected chi connectivity index (χ0v) is 8.46. The summed E-state index contributed by atoms with van der Waals surface area (Å²) in [6.45, 7) is 1.92. The number of nitrogens with two attached hydrogens (primary N) is 1. The number of thiol groups is 1. The Morgan fingerprint density at radius 3 is 3.00 bits per heavy atom. The van der Waals surface area contributed by atoms with Crippen LogP contribution in [0.15, 0.2) is 12.3 Å². The topological polar surface area (TPSA) is 51.8 Å². The van der Waals surface area contributed by atoms with Crippen LogP contribution < -0.4 is 5.73 Å². The average Bonchev–Trinajstić information content (AvgIpc) is 2.09. The van der Waals surface area contributed by atoms with Crippen LogP contribution in [-0.2, 0) is 0 Å². The van der Waals surface area contributed by atoms with Gasteiger partial charge in [0.2, 0.25) is 5.95 Å². The molecule has 1 heterocycles. The molecule has 0 radical (unpaired) electrons. The van der Waals surface area contributed by atoms with Crippen LogP contribution in [0.25, 0.3) is 6.08 Å². The van der Waals surface area contributed by atoms with E-state index in [2.05, 4.69) is 28.7 Å². The fourth-order valence-corrected chi connectivity index (χ4v) is 1.09. The smallest absolute Gasteiger partial charge is 0.220 e. The summed E-state index contributed by atoms with van der Waals surface area (Å²) in [6, 6.07) is 0. The number of allylic oxidation sites excluding steroid dienone is 1. The molecule has 0 saturated carbocycles. The molecule has 70 valence electrons. The molecule has 0 fully saturated rings. The first-order valence-corrected chi connectivity index (χ1v) is 4.74. The number of hydrogen-bond donors (Lipinski definition) is 2. The highest BCUT2D eigenvalue weighted by molar-refractivity contribution is 7.80. The zero-order valence-electron chi connectivity index (χ0n) is 7.57. The maximum atomic E-state index is 5.42. The summed E-state index contributed by atoms with van der Waals surface area (Å²) in [6.07, 6.45) is 6.72. The van der Waals surface area contributed by atoms with Crippen molar-refractivity contribution in [1.29, 1.82) is 0 Å². The van der Waals surface area contributed by atoms with Gasteiger partial charge in [-0.2, -0.15) is 12.6 Å². The third-order valence-electron chi connectivity index (χ3n) is 1.63.